The van der Waals surface area contributed by atoms with Crippen molar-refractivity contribution in [3.63, 3.8) is 0 Å². The molecule has 3 atom stereocenters. The molecule has 4 rings (SSSR count). The Bertz CT molecular complexity index is 1110. The number of nitrogens with zero attached hydrogens (tertiary/aromatic N) is 5. The minimum absolute atomic E-state index is 0.0189. The number of anilines is 1. The second-order valence-corrected chi connectivity index (χ2v) is 7.84. The Morgan fingerprint density at radius 2 is 2.10 bits per heavy atom. The minimum atomic E-state index is -1.26. The number of benzene rings is 1. The molecule has 7 nitrogen and oxygen atoms in total. The molecule has 1 fully saturated rings. The fourth-order valence-corrected chi connectivity index (χ4v) is 3.53. The number of rotatable bonds is 6. The molecule has 31 heavy (non-hydrogen) atoms. The number of hydrogen-bond acceptors (Lipinski definition) is 5. The fraction of sp³-hybridized carbons (Fsp3) is 0.333. The first-order chi connectivity index (χ1) is 14.8. The average molecular weight is 448 g/mol. The van der Waals surface area contributed by atoms with Gasteiger partial charge in [-0.25, -0.2) is 28.5 Å². The number of amides is 1. The van der Waals surface area contributed by atoms with E-state index in [4.69, 9.17) is 16.3 Å². The van der Waals surface area contributed by atoms with Crippen LogP contribution in [0, 0.1) is 5.82 Å². The van der Waals surface area contributed by atoms with Gasteiger partial charge < -0.3 is 9.30 Å². The summed E-state index contributed by atoms with van der Waals surface area (Å²) in [6.07, 6.45) is 3.49. The van der Waals surface area contributed by atoms with Crippen LogP contribution >= 0.6 is 11.6 Å². The van der Waals surface area contributed by atoms with Gasteiger partial charge in [0.15, 0.2) is 0 Å². The van der Waals surface area contributed by atoms with E-state index in [1.54, 1.807) is 29.2 Å². The number of halogens is 3. The van der Waals surface area contributed by atoms with Gasteiger partial charge in [0.2, 0.25) is 0 Å². The molecule has 1 aliphatic heterocycles. The molecule has 3 aromatic rings. The van der Waals surface area contributed by atoms with Crippen LogP contribution in [0.5, 0.6) is 0 Å². The topological polar surface area (TPSA) is 73.1 Å². The maximum Gasteiger partial charge on any atom is 0.416 e. The van der Waals surface area contributed by atoms with Crippen LogP contribution < -0.4 is 4.90 Å². The minimum Gasteiger partial charge on any atom is -0.447 e. The third-order valence-electron chi connectivity index (χ3n) is 5.17. The van der Waals surface area contributed by atoms with Crippen molar-refractivity contribution < 1.29 is 18.3 Å². The Kier molecular flexibility index (Phi) is 5.86. The molecule has 2 aromatic heterocycles. The lowest BCUT2D eigenvalue weighted by molar-refractivity contribution is 0.174. The van der Waals surface area contributed by atoms with E-state index in [0.717, 1.165) is 5.69 Å². The number of carbonyl (C=O) groups is 1. The van der Waals surface area contributed by atoms with Gasteiger partial charge in [-0.3, -0.25) is 4.90 Å². The number of carbonyl (C=O) groups excluding carboxylic acids is 1. The Morgan fingerprint density at radius 3 is 2.84 bits per heavy atom. The van der Waals surface area contributed by atoms with E-state index in [9.17, 15) is 13.6 Å². The standard InChI is InChI=1S/C21H20ClF2N5O2/c1-12(17-9-28(11-26-17)14-3-4-15(22)16(24)8-14)7-19-25-6-5-20(27-19)29-18(13(2)23)10-31-21(29)30/h3-6,8-9,11-13,18H,7,10H2,1-2H3/t12-,13+,18-/m1/s1. The van der Waals surface area contributed by atoms with E-state index in [2.05, 4.69) is 15.0 Å². The summed E-state index contributed by atoms with van der Waals surface area (Å²) in [5.74, 6) is 0.225. The lowest BCUT2D eigenvalue weighted by Gasteiger charge is -2.21. The molecule has 0 unspecified atom stereocenters. The van der Waals surface area contributed by atoms with Gasteiger partial charge in [0.05, 0.1) is 17.0 Å². The first-order valence-electron chi connectivity index (χ1n) is 9.74. The molecule has 0 saturated carbocycles. The number of ether oxygens (including phenoxy) is 1. The highest BCUT2D eigenvalue weighted by Crippen LogP contribution is 2.26. The molecule has 0 bridgehead atoms. The van der Waals surface area contributed by atoms with Gasteiger partial charge in [0.1, 0.15) is 36.3 Å². The summed E-state index contributed by atoms with van der Waals surface area (Å²) in [6, 6.07) is 5.36. The number of imidazole rings is 1. The highest BCUT2D eigenvalue weighted by Gasteiger charge is 2.39. The lowest BCUT2D eigenvalue weighted by Crippen LogP contribution is -2.39. The summed E-state index contributed by atoms with van der Waals surface area (Å²) < 4.78 is 34.3. The molecule has 162 valence electrons. The second kappa shape index (κ2) is 8.58. The highest BCUT2D eigenvalue weighted by molar-refractivity contribution is 6.30. The highest BCUT2D eigenvalue weighted by atomic mass is 35.5. The normalized spacial score (nSPS) is 18.2. The van der Waals surface area contributed by atoms with Crippen LogP contribution in [0.25, 0.3) is 5.69 Å². The zero-order valence-electron chi connectivity index (χ0n) is 16.9. The van der Waals surface area contributed by atoms with Crippen LogP contribution in [0.4, 0.5) is 19.4 Å². The SMILES string of the molecule is C[C@H](Cc1nccc(N2C(=O)OC[C@@H]2[C@H](C)F)n1)c1cn(-c2ccc(Cl)c(F)c2)cn1. The Hall–Kier alpha value is -3.07. The van der Waals surface area contributed by atoms with Gasteiger partial charge in [0.25, 0.3) is 0 Å². The number of aromatic nitrogens is 4. The van der Waals surface area contributed by atoms with Crippen LogP contribution in [0.2, 0.25) is 5.02 Å². The predicted octanol–water partition coefficient (Wildman–Crippen LogP) is 4.48. The van der Waals surface area contributed by atoms with Gasteiger partial charge in [-0.05, 0) is 31.2 Å². The van der Waals surface area contributed by atoms with Crippen molar-refractivity contribution in [3.8, 4) is 5.69 Å². The van der Waals surface area contributed by atoms with Gasteiger partial charge in [-0.15, -0.1) is 0 Å². The van der Waals surface area contributed by atoms with Gasteiger partial charge >= 0.3 is 6.09 Å². The first kappa shape index (κ1) is 21.2. The van der Waals surface area contributed by atoms with Gasteiger partial charge in [-0.2, -0.15) is 0 Å². The summed E-state index contributed by atoms with van der Waals surface area (Å²) in [5, 5.41) is 0.0563. The van der Waals surface area contributed by atoms with Crippen molar-refractivity contribution in [2.45, 2.75) is 38.4 Å². The van der Waals surface area contributed by atoms with E-state index in [1.807, 2.05) is 6.92 Å². The molecule has 0 N–H and O–H groups in total. The van der Waals surface area contributed by atoms with Crippen molar-refractivity contribution in [1.82, 2.24) is 19.5 Å². The summed E-state index contributed by atoms with van der Waals surface area (Å²) >= 11 is 5.74. The maximum atomic E-state index is 13.9. The van der Waals surface area contributed by atoms with Crippen molar-refractivity contribution in [2.75, 3.05) is 11.5 Å². The van der Waals surface area contributed by atoms with Crippen LogP contribution in [-0.2, 0) is 11.2 Å². The quantitative estimate of drug-likeness (QED) is 0.557. The summed E-state index contributed by atoms with van der Waals surface area (Å²) in [4.78, 5) is 26.4. The molecule has 0 aliphatic carbocycles. The smallest absolute Gasteiger partial charge is 0.416 e. The number of cyclic esters (lactones) is 1. The average Bonchev–Trinajstić information content (AvgIpc) is 3.37. The predicted molar refractivity (Wildman–Crippen MR) is 111 cm³/mol. The molecule has 10 heteroatoms. The number of alkyl halides is 1. The zero-order chi connectivity index (χ0) is 22.1. The van der Waals surface area contributed by atoms with Gasteiger partial charge in [0, 0.05) is 30.4 Å². The molecular formula is C21H20ClF2N5O2. The number of hydrogen-bond donors (Lipinski definition) is 0. The van der Waals surface area contributed by atoms with Gasteiger partial charge in [-0.1, -0.05) is 18.5 Å². The molecule has 3 heterocycles. The van der Waals surface area contributed by atoms with Crippen molar-refractivity contribution in [1.29, 1.82) is 0 Å². The maximum absolute atomic E-state index is 13.9. The third kappa shape index (κ3) is 4.36. The van der Waals surface area contributed by atoms with Crippen LogP contribution in [0.3, 0.4) is 0 Å². The van der Waals surface area contributed by atoms with Crippen molar-refractivity contribution in [2.24, 2.45) is 0 Å². The lowest BCUT2D eigenvalue weighted by atomic mass is 10.0. The van der Waals surface area contributed by atoms with Crippen LogP contribution in [-0.4, -0.2) is 44.4 Å². The van der Waals surface area contributed by atoms with Crippen LogP contribution in [0.1, 0.15) is 31.3 Å². The van der Waals surface area contributed by atoms with E-state index in [0.29, 0.717) is 23.8 Å². The largest absolute Gasteiger partial charge is 0.447 e. The van der Waals surface area contributed by atoms with E-state index >= 15 is 0 Å². The van der Waals surface area contributed by atoms with E-state index in [1.165, 1.54) is 30.2 Å². The molecule has 1 saturated heterocycles. The monoisotopic (exact) mass is 447 g/mol. The summed E-state index contributed by atoms with van der Waals surface area (Å²) in [5.41, 5.74) is 1.37. The van der Waals surface area contributed by atoms with Crippen molar-refractivity contribution >= 4 is 23.5 Å². The molecule has 0 radical (unpaired) electrons. The molecular weight excluding hydrogens is 428 g/mol. The Morgan fingerprint density at radius 1 is 1.29 bits per heavy atom. The second-order valence-electron chi connectivity index (χ2n) is 7.43. The summed E-state index contributed by atoms with van der Waals surface area (Å²) in [7, 11) is 0. The zero-order valence-corrected chi connectivity index (χ0v) is 17.6. The Balaban J connectivity index is 1.51. The Labute approximate surface area is 182 Å². The van der Waals surface area contributed by atoms with E-state index < -0.39 is 24.1 Å². The molecule has 1 aromatic carbocycles. The molecule has 1 aliphatic rings. The first-order valence-corrected chi connectivity index (χ1v) is 10.1. The molecule has 1 amide bonds. The van der Waals surface area contributed by atoms with Crippen LogP contribution in [0.15, 0.2) is 43.0 Å². The third-order valence-corrected chi connectivity index (χ3v) is 5.48. The fourth-order valence-electron chi connectivity index (χ4n) is 3.42. The van der Waals surface area contributed by atoms with E-state index in [-0.39, 0.29) is 17.5 Å². The molecule has 0 spiro atoms. The summed E-state index contributed by atoms with van der Waals surface area (Å²) in [6.45, 7) is 3.32. The van der Waals surface area contributed by atoms with Crippen molar-refractivity contribution in [3.05, 3.63) is 65.3 Å².